The van der Waals surface area contributed by atoms with Crippen LogP contribution in [0, 0.1) is 5.92 Å². The topological polar surface area (TPSA) is 52.6 Å². The number of ether oxygens (including phenoxy) is 2. The van der Waals surface area contributed by atoms with Crippen molar-refractivity contribution in [1.29, 1.82) is 0 Å². The van der Waals surface area contributed by atoms with Gasteiger partial charge in [0.15, 0.2) is 5.92 Å². The molecule has 23 heavy (non-hydrogen) atoms. The number of nitrogens with zero attached hydrogens (tertiary/aromatic N) is 1. The summed E-state index contributed by atoms with van der Waals surface area (Å²) in [4.78, 5) is 22.3. The minimum Gasteiger partial charge on any atom is -0.465 e. The van der Waals surface area contributed by atoms with Gasteiger partial charge in [-0.2, -0.15) is 0 Å². The number of carbonyl (C=O) groups is 2. The summed E-state index contributed by atoms with van der Waals surface area (Å²) < 4.78 is 10.3. The van der Waals surface area contributed by atoms with Gasteiger partial charge in [0.25, 0.3) is 0 Å². The quantitative estimate of drug-likeness (QED) is 0.458. The molecule has 0 aliphatic rings. The smallest absolute Gasteiger partial charge is 0.320 e. The molecule has 1 aromatic carbocycles. The molecule has 0 atom stereocenters. The minimum absolute atomic E-state index is 0.286. The van der Waals surface area contributed by atoms with Crippen LogP contribution in [0.2, 0.25) is 0 Å². The van der Waals surface area contributed by atoms with Crippen LogP contribution in [-0.4, -0.2) is 46.3 Å². The Morgan fingerprint density at radius 1 is 0.913 bits per heavy atom. The lowest BCUT2D eigenvalue weighted by Crippen LogP contribution is -2.34. The lowest BCUT2D eigenvalue weighted by molar-refractivity contribution is -0.161. The van der Waals surface area contributed by atoms with Crippen LogP contribution < -0.4 is 4.48 Å². The predicted octanol–water partition coefficient (Wildman–Crippen LogP) is 3.02. The van der Waals surface area contributed by atoms with Crippen LogP contribution in [0.1, 0.15) is 27.2 Å². The van der Waals surface area contributed by atoms with Crippen molar-refractivity contribution in [2.24, 2.45) is 5.92 Å². The minimum atomic E-state index is -0.764. The van der Waals surface area contributed by atoms with Crippen LogP contribution in [-0.2, 0) is 19.1 Å². The van der Waals surface area contributed by atoms with Gasteiger partial charge in [0.2, 0.25) is 0 Å². The summed E-state index contributed by atoms with van der Waals surface area (Å²) in [6.45, 7) is 5.73. The highest BCUT2D eigenvalue weighted by Gasteiger charge is 2.27. The third kappa shape index (κ3) is 8.35. The second-order valence-electron chi connectivity index (χ2n) is 5.81. The fourth-order valence-corrected chi connectivity index (χ4v) is 1.79. The van der Waals surface area contributed by atoms with Crippen molar-refractivity contribution in [2.45, 2.75) is 27.2 Å². The van der Waals surface area contributed by atoms with Crippen molar-refractivity contribution in [3.05, 3.63) is 30.3 Å². The maximum atomic E-state index is 11.2. The van der Waals surface area contributed by atoms with Gasteiger partial charge in [-0.1, -0.05) is 25.1 Å². The van der Waals surface area contributed by atoms with Gasteiger partial charge in [-0.05, 0) is 32.4 Å². The van der Waals surface area contributed by atoms with Crippen LogP contribution in [0.3, 0.4) is 0 Å². The second kappa shape index (κ2) is 10.8. The fraction of sp³-hybridized carbons (Fsp3) is 0.556. The summed E-state index contributed by atoms with van der Waals surface area (Å²) in [6, 6.07) is 10.5. The van der Waals surface area contributed by atoms with E-state index in [0.29, 0.717) is 6.42 Å². The number of carbonyl (C=O) groups excluding carboxylic acids is 2. The van der Waals surface area contributed by atoms with Gasteiger partial charge in [0.05, 0.1) is 34.4 Å². The van der Waals surface area contributed by atoms with Crippen molar-refractivity contribution in [2.75, 3.05) is 34.4 Å². The van der Waals surface area contributed by atoms with Gasteiger partial charge in [-0.3, -0.25) is 14.1 Å². The van der Waals surface area contributed by atoms with Crippen molar-refractivity contribution < 1.29 is 19.1 Å². The van der Waals surface area contributed by atoms with E-state index in [2.05, 4.69) is 45.4 Å². The van der Waals surface area contributed by atoms with Crippen LogP contribution >= 0.6 is 0 Å². The largest absolute Gasteiger partial charge is 0.465 e. The molecule has 0 saturated carbocycles. The third-order valence-corrected chi connectivity index (χ3v) is 3.08. The number of benzene rings is 1. The summed E-state index contributed by atoms with van der Waals surface area (Å²) in [7, 11) is 6.49. The number of hydrogen-bond donors (Lipinski definition) is 0. The Kier molecular flexibility index (Phi) is 9.90. The van der Waals surface area contributed by atoms with Crippen molar-refractivity contribution >= 4 is 17.6 Å². The first kappa shape index (κ1) is 21.1. The summed E-state index contributed by atoms with van der Waals surface area (Å²) in [6.07, 6.45) is 0.414. The SMILES string of the molecule is CCOC(=O)C(CC)C(=O)OCC.C[N+](C)(C)c1ccccc1. The van der Waals surface area contributed by atoms with Crippen molar-refractivity contribution in [3.8, 4) is 0 Å². The van der Waals surface area contributed by atoms with E-state index in [4.69, 9.17) is 9.47 Å². The van der Waals surface area contributed by atoms with Crippen LogP contribution in [0.4, 0.5) is 5.69 Å². The number of esters is 2. The maximum Gasteiger partial charge on any atom is 0.320 e. The fourth-order valence-electron chi connectivity index (χ4n) is 1.79. The first-order valence-corrected chi connectivity index (χ1v) is 7.98. The first-order chi connectivity index (χ1) is 10.8. The highest BCUT2D eigenvalue weighted by Crippen LogP contribution is 2.14. The molecule has 1 rings (SSSR count). The first-order valence-electron chi connectivity index (χ1n) is 7.98. The monoisotopic (exact) mass is 324 g/mol. The van der Waals surface area contributed by atoms with E-state index in [1.807, 2.05) is 6.07 Å². The van der Waals surface area contributed by atoms with Gasteiger partial charge in [-0.25, -0.2) is 0 Å². The number of quaternary nitrogens is 1. The van der Waals surface area contributed by atoms with Gasteiger partial charge in [0, 0.05) is 0 Å². The number of hydrogen-bond acceptors (Lipinski definition) is 4. The summed E-state index contributed by atoms with van der Waals surface area (Å²) in [5.41, 5.74) is 1.34. The van der Waals surface area contributed by atoms with Crippen molar-refractivity contribution in [3.63, 3.8) is 0 Å². The van der Waals surface area contributed by atoms with Gasteiger partial charge in [0.1, 0.15) is 5.69 Å². The van der Waals surface area contributed by atoms with E-state index in [1.165, 1.54) is 5.69 Å². The molecular weight excluding hydrogens is 294 g/mol. The highest BCUT2D eigenvalue weighted by molar-refractivity contribution is 5.94. The molecule has 0 unspecified atom stereocenters. The number of rotatable bonds is 6. The molecule has 0 amide bonds. The Bertz CT molecular complexity index is 448. The normalized spacial score (nSPS) is 10.6. The summed E-state index contributed by atoms with van der Waals surface area (Å²) in [5, 5.41) is 0. The molecule has 5 nitrogen and oxygen atoms in total. The van der Waals surface area contributed by atoms with Crippen LogP contribution in [0.25, 0.3) is 0 Å². The predicted molar refractivity (Wildman–Crippen MR) is 93.1 cm³/mol. The Morgan fingerprint density at radius 2 is 1.35 bits per heavy atom. The molecule has 0 fully saturated rings. The molecule has 1 aromatic rings. The molecule has 130 valence electrons. The van der Waals surface area contributed by atoms with Crippen LogP contribution in [0.5, 0.6) is 0 Å². The molecule has 0 heterocycles. The van der Waals surface area contributed by atoms with E-state index in [0.717, 1.165) is 4.48 Å². The second-order valence-corrected chi connectivity index (χ2v) is 5.81. The lowest BCUT2D eigenvalue weighted by atomic mass is 10.1. The van der Waals surface area contributed by atoms with E-state index in [1.54, 1.807) is 20.8 Å². The van der Waals surface area contributed by atoms with Gasteiger partial charge >= 0.3 is 11.9 Å². The third-order valence-electron chi connectivity index (χ3n) is 3.08. The van der Waals surface area contributed by atoms with Crippen LogP contribution in [0.15, 0.2) is 30.3 Å². The van der Waals surface area contributed by atoms with Gasteiger partial charge in [-0.15, -0.1) is 0 Å². The molecule has 0 N–H and O–H groups in total. The molecule has 0 bridgehead atoms. The molecule has 0 saturated heterocycles. The highest BCUT2D eigenvalue weighted by atomic mass is 16.6. The van der Waals surface area contributed by atoms with Crippen molar-refractivity contribution in [1.82, 2.24) is 4.48 Å². The Hall–Kier alpha value is -1.88. The zero-order chi connectivity index (χ0) is 17.9. The number of para-hydroxylation sites is 1. The molecule has 0 aliphatic heterocycles. The van der Waals surface area contributed by atoms with Gasteiger partial charge < -0.3 is 9.47 Å². The maximum absolute atomic E-state index is 11.2. The average molecular weight is 324 g/mol. The van der Waals surface area contributed by atoms with E-state index < -0.39 is 17.9 Å². The summed E-state index contributed by atoms with van der Waals surface area (Å²) >= 11 is 0. The summed E-state index contributed by atoms with van der Waals surface area (Å²) in [5.74, 6) is -1.76. The molecule has 0 aliphatic carbocycles. The zero-order valence-corrected chi connectivity index (χ0v) is 15.2. The van der Waals surface area contributed by atoms with E-state index in [-0.39, 0.29) is 13.2 Å². The Balaban J connectivity index is 0.000000433. The van der Waals surface area contributed by atoms with E-state index >= 15 is 0 Å². The van der Waals surface area contributed by atoms with E-state index in [9.17, 15) is 9.59 Å². The Morgan fingerprint density at radius 3 is 1.61 bits per heavy atom. The standard InChI is InChI=1S/C9H14N.C9H16O4/c1-10(2,3)9-7-5-4-6-8-9;1-4-7(8(10)12-5-2)9(11)13-6-3/h4-8H,1-3H3;7H,4-6H2,1-3H3/q+1;. The molecule has 0 radical (unpaired) electrons. The lowest BCUT2D eigenvalue weighted by Gasteiger charge is -2.22. The molecule has 0 spiro atoms. The zero-order valence-electron chi connectivity index (χ0n) is 15.2. The molecular formula is C18H30NO4+. The average Bonchev–Trinajstić information content (AvgIpc) is 2.49. The molecule has 0 aromatic heterocycles. The molecule has 5 heteroatoms. The Labute approximate surface area is 139 Å².